The summed E-state index contributed by atoms with van der Waals surface area (Å²) >= 11 is 0. The van der Waals surface area contributed by atoms with Gasteiger partial charge in [-0.2, -0.15) is 0 Å². The van der Waals surface area contributed by atoms with Crippen LogP contribution in [-0.2, 0) is 4.79 Å². The number of halogens is 1. The molecule has 2 amide bonds. The molecule has 1 saturated carbocycles. The van der Waals surface area contributed by atoms with Crippen molar-refractivity contribution in [2.75, 3.05) is 18.1 Å². The van der Waals surface area contributed by atoms with Gasteiger partial charge in [-0.05, 0) is 43.2 Å². The molecular weight excluding hydrogens is 439 g/mol. The number of fused-ring (bicyclic) bond motifs is 1. The second-order valence-electron chi connectivity index (χ2n) is 8.39. The van der Waals surface area contributed by atoms with E-state index in [-0.39, 0.29) is 17.4 Å². The molecule has 1 aliphatic carbocycles. The van der Waals surface area contributed by atoms with E-state index >= 15 is 4.39 Å². The summed E-state index contributed by atoms with van der Waals surface area (Å²) in [6, 6.07) is 12.8. The Kier molecular flexibility index (Phi) is 6.20. The average molecular weight is 464 g/mol. The van der Waals surface area contributed by atoms with Crippen molar-refractivity contribution in [1.29, 1.82) is 0 Å². The molecule has 1 atom stereocenters. The van der Waals surface area contributed by atoms with Gasteiger partial charge >= 0.3 is 0 Å². The minimum Gasteiger partial charge on any atom is -0.486 e. The second kappa shape index (κ2) is 9.59. The lowest BCUT2D eigenvalue weighted by atomic mass is 10.0. The zero-order valence-electron chi connectivity index (χ0n) is 18.5. The first-order chi connectivity index (χ1) is 16.6. The molecule has 8 heteroatoms. The fourth-order valence-electron chi connectivity index (χ4n) is 4.53. The average Bonchev–Trinajstić information content (AvgIpc) is 3.57. The van der Waals surface area contributed by atoms with Gasteiger partial charge < -0.3 is 19.2 Å². The number of hydrogen-bond donors (Lipinski definition) is 1. The first-order valence-corrected chi connectivity index (χ1v) is 11.4. The van der Waals surface area contributed by atoms with Crippen LogP contribution in [0.25, 0.3) is 0 Å². The van der Waals surface area contributed by atoms with Gasteiger partial charge in [0.15, 0.2) is 17.3 Å². The van der Waals surface area contributed by atoms with Crippen molar-refractivity contribution in [3.63, 3.8) is 0 Å². The Hall–Kier alpha value is -3.81. The molecule has 1 aromatic heterocycles. The van der Waals surface area contributed by atoms with Crippen LogP contribution in [0.2, 0.25) is 0 Å². The van der Waals surface area contributed by atoms with Crippen molar-refractivity contribution < 1.29 is 27.9 Å². The Labute approximate surface area is 196 Å². The van der Waals surface area contributed by atoms with Gasteiger partial charge in [0.2, 0.25) is 5.91 Å². The largest absolute Gasteiger partial charge is 0.486 e. The number of hydrogen-bond acceptors (Lipinski definition) is 5. The fraction of sp³-hybridized carbons (Fsp3) is 0.308. The number of nitrogens with zero attached hydrogens (tertiary/aromatic N) is 1. The molecule has 0 radical (unpaired) electrons. The molecule has 1 aliphatic heterocycles. The van der Waals surface area contributed by atoms with Crippen LogP contribution < -0.4 is 19.7 Å². The normalized spacial score (nSPS) is 16.1. The molecule has 7 nitrogen and oxygen atoms in total. The van der Waals surface area contributed by atoms with Gasteiger partial charge in [0.25, 0.3) is 5.91 Å². The molecule has 0 unspecified atom stereocenters. The number of anilines is 1. The number of benzene rings is 2. The minimum absolute atomic E-state index is 0.0115. The molecule has 2 aromatic carbocycles. The summed E-state index contributed by atoms with van der Waals surface area (Å²) in [5.74, 6) is -0.584. The molecule has 176 valence electrons. The lowest BCUT2D eigenvalue weighted by Crippen LogP contribution is -2.46. The van der Waals surface area contributed by atoms with E-state index in [0.717, 1.165) is 25.7 Å². The maximum absolute atomic E-state index is 15.1. The van der Waals surface area contributed by atoms with E-state index in [0.29, 0.717) is 30.4 Å². The van der Waals surface area contributed by atoms with Crippen molar-refractivity contribution >= 4 is 17.5 Å². The van der Waals surface area contributed by atoms with Gasteiger partial charge in [-0.15, -0.1) is 0 Å². The van der Waals surface area contributed by atoms with Crippen molar-refractivity contribution in [3.05, 3.63) is 78.0 Å². The quantitative estimate of drug-likeness (QED) is 0.575. The summed E-state index contributed by atoms with van der Waals surface area (Å²) < 4.78 is 31.8. The Morgan fingerprint density at radius 2 is 1.74 bits per heavy atom. The SMILES string of the molecule is O=C(NC1CCCC1)[C@H](c1ccccc1F)N(C(=O)c1ccco1)c1ccc2c(c1)OCCO2. The van der Waals surface area contributed by atoms with E-state index in [1.165, 1.54) is 29.4 Å². The molecule has 1 fully saturated rings. The van der Waals surface area contributed by atoms with Crippen LogP contribution in [-0.4, -0.2) is 31.1 Å². The molecule has 0 saturated heterocycles. The van der Waals surface area contributed by atoms with Crippen LogP contribution in [0.5, 0.6) is 11.5 Å². The summed E-state index contributed by atoms with van der Waals surface area (Å²) in [6.07, 6.45) is 5.13. The third-order valence-electron chi connectivity index (χ3n) is 6.16. The molecular formula is C26H25FN2O5. The Morgan fingerprint density at radius 3 is 2.47 bits per heavy atom. The van der Waals surface area contributed by atoms with Crippen LogP contribution in [0.1, 0.15) is 47.8 Å². The zero-order valence-corrected chi connectivity index (χ0v) is 18.5. The third kappa shape index (κ3) is 4.35. The number of rotatable bonds is 6. The maximum atomic E-state index is 15.1. The van der Waals surface area contributed by atoms with Gasteiger partial charge in [0.05, 0.1) is 6.26 Å². The first-order valence-electron chi connectivity index (χ1n) is 11.4. The van der Waals surface area contributed by atoms with Crippen LogP contribution >= 0.6 is 0 Å². The molecule has 3 aromatic rings. The minimum atomic E-state index is -1.26. The number of carbonyl (C=O) groups excluding carboxylic acids is 2. The summed E-state index contributed by atoms with van der Waals surface area (Å²) in [6.45, 7) is 0.782. The van der Waals surface area contributed by atoms with Crippen LogP contribution in [0.3, 0.4) is 0 Å². The number of ether oxygens (including phenoxy) is 2. The van der Waals surface area contributed by atoms with Crippen molar-refractivity contribution in [2.24, 2.45) is 0 Å². The molecule has 2 aliphatic rings. The summed E-state index contributed by atoms with van der Waals surface area (Å²) in [5.41, 5.74) is 0.452. The highest BCUT2D eigenvalue weighted by Gasteiger charge is 2.37. The highest BCUT2D eigenvalue weighted by atomic mass is 19.1. The molecule has 34 heavy (non-hydrogen) atoms. The van der Waals surface area contributed by atoms with Gasteiger partial charge in [-0.25, -0.2) is 4.39 Å². The Bertz CT molecular complexity index is 1170. The summed E-state index contributed by atoms with van der Waals surface area (Å²) in [7, 11) is 0. The van der Waals surface area contributed by atoms with Crippen molar-refractivity contribution in [1.82, 2.24) is 5.32 Å². The second-order valence-corrected chi connectivity index (χ2v) is 8.39. The fourth-order valence-corrected chi connectivity index (χ4v) is 4.53. The van der Waals surface area contributed by atoms with Gasteiger partial charge in [0.1, 0.15) is 25.1 Å². The standard InChI is InChI=1S/C26H25FN2O5/c27-20-9-4-3-8-19(20)24(25(30)28-17-6-1-2-7-17)29(26(31)22-10-5-13-32-22)18-11-12-21-23(16-18)34-15-14-33-21/h3-5,8-13,16-17,24H,1-2,6-7,14-15H2,(H,28,30)/t24-/m0/s1. The Morgan fingerprint density at radius 1 is 0.971 bits per heavy atom. The zero-order chi connectivity index (χ0) is 23.5. The summed E-state index contributed by atoms with van der Waals surface area (Å²) in [5, 5.41) is 3.03. The molecule has 0 bridgehead atoms. The van der Waals surface area contributed by atoms with Crippen LogP contribution in [0.4, 0.5) is 10.1 Å². The van der Waals surface area contributed by atoms with Crippen molar-refractivity contribution in [2.45, 2.75) is 37.8 Å². The van der Waals surface area contributed by atoms with E-state index in [1.807, 2.05) is 0 Å². The van der Waals surface area contributed by atoms with E-state index in [2.05, 4.69) is 5.32 Å². The maximum Gasteiger partial charge on any atom is 0.294 e. The molecule has 0 spiro atoms. The number of amides is 2. The first kappa shape index (κ1) is 22.0. The van der Waals surface area contributed by atoms with Crippen LogP contribution in [0, 0.1) is 5.82 Å². The molecule has 2 heterocycles. The van der Waals surface area contributed by atoms with E-state index in [4.69, 9.17) is 13.9 Å². The number of furan rings is 1. The van der Waals surface area contributed by atoms with E-state index in [9.17, 15) is 9.59 Å². The van der Waals surface area contributed by atoms with E-state index in [1.54, 1.807) is 36.4 Å². The van der Waals surface area contributed by atoms with Gasteiger partial charge in [-0.3, -0.25) is 14.5 Å². The highest BCUT2D eigenvalue weighted by molar-refractivity contribution is 6.08. The number of carbonyl (C=O) groups is 2. The topological polar surface area (TPSA) is 81.0 Å². The number of nitrogens with one attached hydrogen (secondary N) is 1. The predicted octanol–water partition coefficient (Wildman–Crippen LogP) is 4.64. The highest BCUT2D eigenvalue weighted by Crippen LogP contribution is 2.38. The predicted molar refractivity (Wildman–Crippen MR) is 122 cm³/mol. The molecule has 5 rings (SSSR count). The summed E-state index contributed by atoms with van der Waals surface area (Å²) in [4.78, 5) is 28.6. The smallest absolute Gasteiger partial charge is 0.294 e. The van der Waals surface area contributed by atoms with Gasteiger partial charge in [0, 0.05) is 23.4 Å². The molecule has 1 N–H and O–H groups in total. The van der Waals surface area contributed by atoms with Crippen LogP contribution in [0.15, 0.2) is 65.3 Å². The lowest BCUT2D eigenvalue weighted by molar-refractivity contribution is -0.123. The lowest BCUT2D eigenvalue weighted by Gasteiger charge is -2.32. The monoisotopic (exact) mass is 464 g/mol. The van der Waals surface area contributed by atoms with Crippen molar-refractivity contribution in [3.8, 4) is 11.5 Å². The third-order valence-corrected chi connectivity index (χ3v) is 6.16. The van der Waals surface area contributed by atoms with Gasteiger partial charge in [-0.1, -0.05) is 31.0 Å². The Balaban J connectivity index is 1.62. The van der Waals surface area contributed by atoms with E-state index < -0.39 is 23.7 Å².